The van der Waals surface area contributed by atoms with Gasteiger partial charge in [-0.3, -0.25) is 4.79 Å². The van der Waals surface area contributed by atoms with Crippen LogP contribution in [-0.2, 0) is 0 Å². The molecule has 2 aromatic rings. The van der Waals surface area contributed by atoms with Gasteiger partial charge in [-0.1, -0.05) is 44.2 Å². The molecule has 23 heavy (non-hydrogen) atoms. The highest BCUT2D eigenvalue weighted by Crippen LogP contribution is 2.43. The highest BCUT2D eigenvalue weighted by molar-refractivity contribution is 5.93. The van der Waals surface area contributed by atoms with Crippen molar-refractivity contribution in [3.05, 3.63) is 59.9 Å². The molecule has 1 aromatic carbocycles. The van der Waals surface area contributed by atoms with Crippen LogP contribution in [0.4, 0.5) is 0 Å². The number of likely N-dealkylation sites (tertiary alicyclic amines) is 1. The first-order valence-corrected chi connectivity index (χ1v) is 8.57. The van der Waals surface area contributed by atoms with E-state index in [1.165, 1.54) is 18.4 Å². The molecule has 1 amide bonds. The Morgan fingerprint density at radius 3 is 2.52 bits per heavy atom. The minimum Gasteiger partial charge on any atom is -0.340 e. The molecule has 3 nitrogen and oxygen atoms in total. The molecule has 0 bridgehead atoms. The Morgan fingerprint density at radius 1 is 1.09 bits per heavy atom. The van der Waals surface area contributed by atoms with E-state index in [4.69, 9.17) is 0 Å². The van der Waals surface area contributed by atoms with E-state index in [0.717, 1.165) is 18.8 Å². The molecule has 120 valence electrons. The van der Waals surface area contributed by atoms with Crippen LogP contribution in [0.3, 0.4) is 0 Å². The number of benzene rings is 1. The average molecular weight is 308 g/mol. The first-order valence-electron chi connectivity index (χ1n) is 8.57. The SMILES string of the molecule is CC1(C)CN(C(=O)c2cccn2C2CC2)C[C@H]1c1ccccc1. The summed E-state index contributed by atoms with van der Waals surface area (Å²) in [6.45, 7) is 6.18. The fraction of sp³-hybridized carbons (Fsp3) is 0.450. The molecular formula is C20H24N2O. The van der Waals surface area contributed by atoms with Crippen molar-refractivity contribution in [1.29, 1.82) is 0 Å². The molecule has 0 radical (unpaired) electrons. The number of hydrogen-bond donors (Lipinski definition) is 0. The van der Waals surface area contributed by atoms with Gasteiger partial charge >= 0.3 is 0 Å². The van der Waals surface area contributed by atoms with E-state index in [1.807, 2.05) is 17.0 Å². The maximum Gasteiger partial charge on any atom is 0.270 e. The molecule has 1 aromatic heterocycles. The highest BCUT2D eigenvalue weighted by Gasteiger charge is 2.42. The molecule has 1 aliphatic carbocycles. The lowest BCUT2D eigenvalue weighted by Crippen LogP contribution is -2.31. The van der Waals surface area contributed by atoms with Gasteiger partial charge in [0.05, 0.1) is 0 Å². The van der Waals surface area contributed by atoms with Crippen molar-refractivity contribution in [2.45, 2.75) is 38.6 Å². The molecule has 3 heteroatoms. The lowest BCUT2D eigenvalue weighted by atomic mass is 9.78. The van der Waals surface area contributed by atoms with Crippen LogP contribution >= 0.6 is 0 Å². The van der Waals surface area contributed by atoms with E-state index >= 15 is 0 Å². The largest absolute Gasteiger partial charge is 0.340 e. The van der Waals surface area contributed by atoms with Gasteiger partial charge in [0.15, 0.2) is 0 Å². The summed E-state index contributed by atoms with van der Waals surface area (Å²) in [5.74, 6) is 0.588. The molecule has 1 atom stereocenters. The van der Waals surface area contributed by atoms with Gasteiger partial charge in [-0.25, -0.2) is 0 Å². The molecule has 0 spiro atoms. The minimum absolute atomic E-state index is 0.105. The number of amides is 1. The predicted molar refractivity (Wildman–Crippen MR) is 91.6 cm³/mol. The van der Waals surface area contributed by atoms with Crippen molar-refractivity contribution in [2.24, 2.45) is 5.41 Å². The van der Waals surface area contributed by atoms with Gasteiger partial charge in [-0.2, -0.15) is 0 Å². The first kappa shape index (κ1) is 14.6. The Hall–Kier alpha value is -2.03. The number of carbonyl (C=O) groups excluding carboxylic acids is 1. The number of carbonyl (C=O) groups is 1. The number of nitrogens with zero attached hydrogens (tertiary/aromatic N) is 2. The topological polar surface area (TPSA) is 25.2 Å². The zero-order valence-electron chi connectivity index (χ0n) is 13.9. The summed E-state index contributed by atoms with van der Waals surface area (Å²) in [5.41, 5.74) is 2.30. The molecule has 1 aliphatic heterocycles. The Bertz CT molecular complexity index is 712. The normalized spacial score (nSPS) is 23.2. The zero-order chi connectivity index (χ0) is 16.0. The van der Waals surface area contributed by atoms with E-state index in [0.29, 0.717) is 12.0 Å². The van der Waals surface area contributed by atoms with Crippen LogP contribution in [0.1, 0.15) is 54.7 Å². The second-order valence-corrected chi connectivity index (χ2v) is 7.67. The van der Waals surface area contributed by atoms with Gasteiger partial charge in [0.1, 0.15) is 5.69 Å². The molecule has 1 saturated heterocycles. The van der Waals surface area contributed by atoms with Crippen LogP contribution in [0.2, 0.25) is 0 Å². The summed E-state index contributed by atoms with van der Waals surface area (Å²) in [5, 5.41) is 0. The van der Waals surface area contributed by atoms with Crippen LogP contribution < -0.4 is 0 Å². The van der Waals surface area contributed by atoms with Crippen molar-refractivity contribution in [3.8, 4) is 0 Å². The Labute approximate surface area is 137 Å². The molecule has 0 unspecified atom stereocenters. The summed E-state index contributed by atoms with van der Waals surface area (Å²) in [6, 6.07) is 15.1. The van der Waals surface area contributed by atoms with Gasteiger partial charge in [-0.15, -0.1) is 0 Å². The van der Waals surface area contributed by atoms with Gasteiger partial charge in [0, 0.05) is 31.2 Å². The summed E-state index contributed by atoms with van der Waals surface area (Å²) in [6.07, 6.45) is 4.46. The second-order valence-electron chi connectivity index (χ2n) is 7.67. The Morgan fingerprint density at radius 2 is 1.83 bits per heavy atom. The van der Waals surface area contributed by atoms with Crippen LogP contribution in [0.5, 0.6) is 0 Å². The zero-order valence-corrected chi connectivity index (χ0v) is 13.9. The molecule has 2 aliphatic rings. The monoisotopic (exact) mass is 308 g/mol. The molecule has 2 fully saturated rings. The van der Waals surface area contributed by atoms with E-state index in [-0.39, 0.29) is 11.3 Å². The maximum absolute atomic E-state index is 13.0. The van der Waals surface area contributed by atoms with Crippen molar-refractivity contribution in [2.75, 3.05) is 13.1 Å². The molecule has 0 N–H and O–H groups in total. The molecule has 4 rings (SSSR count). The van der Waals surface area contributed by atoms with E-state index < -0.39 is 0 Å². The molecule has 1 saturated carbocycles. The highest BCUT2D eigenvalue weighted by atomic mass is 16.2. The first-order chi connectivity index (χ1) is 11.1. The predicted octanol–water partition coefficient (Wildman–Crippen LogP) is 4.09. The van der Waals surface area contributed by atoms with Crippen molar-refractivity contribution in [1.82, 2.24) is 9.47 Å². The smallest absolute Gasteiger partial charge is 0.270 e. The van der Waals surface area contributed by atoms with Gasteiger partial charge in [0.25, 0.3) is 5.91 Å². The second kappa shape index (κ2) is 5.26. The summed E-state index contributed by atoms with van der Waals surface area (Å²) >= 11 is 0. The number of aromatic nitrogens is 1. The quantitative estimate of drug-likeness (QED) is 0.838. The molecular weight excluding hydrogens is 284 g/mol. The summed E-state index contributed by atoms with van der Waals surface area (Å²) in [4.78, 5) is 15.1. The van der Waals surface area contributed by atoms with Crippen LogP contribution in [0, 0.1) is 5.41 Å². The Balaban J connectivity index is 1.59. The third-order valence-corrected chi connectivity index (χ3v) is 5.37. The third-order valence-electron chi connectivity index (χ3n) is 5.37. The third kappa shape index (κ3) is 2.58. The van der Waals surface area contributed by atoms with Crippen molar-refractivity contribution >= 4 is 5.91 Å². The summed E-state index contributed by atoms with van der Waals surface area (Å²) < 4.78 is 2.17. The van der Waals surface area contributed by atoms with Gasteiger partial charge in [0.2, 0.25) is 0 Å². The number of rotatable bonds is 3. The van der Waals surface area contributed by atoms with E-state index in [1.54, 1.807) is 0 Å². The number of hydrogen-bond acceptors (Lipinski definition) is 1. The average Bonchev–Trinajstić information content (AvgIpc) is 3.18. The van der Waals surface area contributed by atoms with Crippen molar-refractivity contribution < 1.29 is 4.79 Å². The van der Waals surface area contributed by atoms with E-state index in [2.05, 4.69) is 54.9 Å². The fourth-order valence-electron chi connectivity index (χ4n) is 3.94. The van der Waals surface area contributed by atoms with Gasteiger partial charge in [-0.05, 0) is 36.0 Å². The van der Waals surface area contributed by atoms with Crippen molar-refractivity contribution in [3.63, 3.8) is 0 Å². The van der Waals surface area contributed by atoms with Crippen LogP contribution in [0.15, 0.2) is 48.7 Å². The van der Waals surface area contributed by atoms with Crippen LogP contribution in [0.25, 0.3) is 0 Å². The lowest BCUT2D eigenvalue weighted by molar-refractivity contribution is 0.0767. The maximum atomic E-state index is 13.0. The lowest BCUT2D eigenvalue weighted by Gasteiger charge is -2.25. The standard InChI is InChI=1S/C20H24N2O/c1-20(2)14-21(13-17(20)15-7-4-3-5-8-15)19(23)18-9-6-12-22(18)16-10-11-16/h3-9,12,16-17H,10-11,13-14H2,1-2H3/t17-/m0/s1. The van der Waals surface area contributed by atoms with E-state index in [9.17, 15) is 4.79 Å². The summed E-state index contributed by atoms with van der Waals surface area (Å²) in [7, 11) is 0. The Kier molecular flexibility index (Phi) is 3.33. The van der Waals surface area contributed by atoms with Crippen LogP contribution in [-0.4, -0.2) is 28.5 Å². The van der Waals surface area contributed by atoms with Gasteiger partial charge < -0.3 is 9.47 Å². The fourth-order valence-corrected chi connectivity index (χ4v) is 3.94. The molecule has 2 heterocycles. The minimum atomic E-state index is 0.105.